The molecule has 1 aromatic heterocycles. The fourth-order valence-corrected chi connectivity index (χ4v) is 1.56. The lowest BCUT2D eigenvalue weighted by molar-refractivity contribution is -0.148. The van der Waals surface area contributed by atoms with Crippen LogP contribution in [0.25, 0.3) is 10.9 Å². The molecule has 0 aliphatic carbocycles. The maximum atomic E-state index is 12.4. The minimum atomic E-state index is -4.41. The number of benzene rings is 1. The lowest BCUT2D eigenvalue weighted by Gasteiger charge is -2.16. The first-order valence-corrected chi connectivity index (χ1v) is 4.38. The van der Waals surface area contributed by atoms with Crippen LogP contribution in [-0.2, 0) is 0 Å². The van der Waals surface area contributed by atoms with Crippen molar-refractivity contribution in [3.8, 4) is 0 Å². The van der Waals surface area contributed by atoms with Crippen LogP contribution in [0, 0.1) is 0 Å². The molecule has 0 amide bonds. The normalized spacial score (nSPS) is 13.5. The highest BCUT2D eigenvalue weighted by Gasteiger charge is 2.38. The monoisotopic (exact) mass is 250 g/mol. The number of nitrogens with two attached hydrogens (primary N) is 1. The van der Waals surface area contributed by atoms with Gasteiger partial charge in [-0.25, -0.2) is 0 Å². The summed E-state index contributed by atoms with van der Waals surface area (Å²) in [6, 6.07) is 4.32. The van der Waals surface area contributed by atoms with Crippen molar-refractivity contribution in [3.05, 3.63) is 36.0 Å². The van der Waals surface area contributed by atoms with Gasteiger partial charge in [0.2, 0.25) is 0 Å². The Bertz CT molecular complexity index is 478. The van der Waals surface area contributed by atoms with Crippen molar-refractivity contribution in [2.45, 2.75) is 12.2 Å². The lowest BCUT2D eigenvalue weighted by Crippen LogP contribution is -2.28. The molecule has 0 spiro atoms. The van der Waals surface area contributed by atoms with Crippen LogP contribution < -0.4 is 5.73 Å². The third kappa shape index (κ3) is 2.15. The van der Waals surface area contributed by atoms with E-state index in [2.05, 4.69) is 4.98 Å². The highest BCUT2D eigenvalue weighted by Crippen LogP contribution is 2.33. The van der Waals surface area contributed by atoms with Gasteiger partial charge in [0, 0.05) is 17.1 Å². The number of nitrogens with one attached hydrogen (secondary N) is 1. The molecule has 2 aromatic rings. The van der Waals surface area contributed by atoms with Gasteiger partial charge in [-0.15, -0.1) is 12.4 Å². The molecule has 0 aliphatic rings. The molecule has 2 nitrogen and oxygen atoms in total. The van der Waals surface area contributed by atoms with Crippen molar-refractivity contribution in [1.29, 1.82) is 0 Å². The third-order valence-electron chi connectivity index (χ3n) is 2.32. The third-order valence-corrected chi connectivity index (χ3v) is 2.32. The van der Waals surface area contributed by atoms with Gasteiger partial charge in [-0.3, -0.25) is 0 Å². The highest BCUT2D eigenvalue weighted by molar-refractivity contribution is 5.85. The van der Waals surface area contributed by atoms with E-state index in [9.17, 15) is 13.2 Å². The highest BCUT2D eigenvalue weighted by atomic mass is 35.5. The van der Waals surface area contributed by atoms with Gasteiger partial charge in [0.05, 0.1) is 0 Å². The molecule has 0 saturated heterocycles. The van der Waals surface area contributed by atoms with Crippen molar-refractivity contribution in [2.75, 3.05) is 0 Å². The average Bonchev–Trinajstić information content (AvgIpc) is 2.62. The van der Waals surface area contributed by atoms with Crippen LogP contribution in [0.1, 0.15) is 11.6 Å². The van der Waals surface area contributed by atoms with Crippen molar-refractivity contribution < 1.29 is 13.2 Å². The molecule has 0 aliphatic heterocycles. The van der Waals surface area contributed by atoms with Crippen LogP contribution >= 0.6 is 12.4 Å². The van der Waals surface area contributed by atoms with Gasteiger partial charge in [-0.2, -0.15) is 13.2 Å². The molecule has 0 saturated carbocycles. The molecule has 88 valence electrons. The second kappa shape index (κ2) is 4.35. The minimum absolute atomic E-state index is 0. The molecule has 3 N–H and O–H groups in total. The van der Waals surface area contributed by atoms with E-state index in [0.717, 1.165) is 0 Å². The predicted molar refractivity (Wildman–Crippen MR) is 58.5 cm³/mol. The van der Waals surface area contributed by atoms with Crippen LogP contribution in [0.4, 0.5) is 13.2 Å². The zero-order valence-corrected chi connectivity index (χ0v) is 8.90. The maximum Gasteiger partial charge on any atom is 0.407 e. The number of fused-ring (bicyclic) bond motifs is 1. The molecule has 2 rings (SSSR count). The van der Waals surface area contributed by atoms with Gasteiger partial charge in [0.15, 0.2) is 0 Å². The molecule has 0 unspecified atom stereocenters. The Balaban J connectivity index is 0.00000128. The summed E-state index contributed by atoms with van der Waals surface area (Å²) in [7, 11) is 0. The van der Waals surface area contributed by atoms with E-state index in [0.29, 0.717) is 10.9 Å². The molecule has 16 heavy (non-hydrogen) atoms. The minimum Gasteiger partial charge on any atom is -0.361 e. The molecule has 0 fully saturated rings. The molecule has 6 heteroatoms. The smallest absolute Gasteiger partial charge is 0.361 e. The van der Waals surface area contributed by atoms with Crippen LogP contribution in [0.5, 0.6) is 0 Å². The fraction of sp³-hybridized carbons (Fsp3) is 0.200. The Morgan fingerprint density at radius 2 is 1.88 bits per heavy atom. The van der Waals surface area contributed by atoms with Gasteiger partial charge in [-0.05, 0) is 17.7 Å². The summed E-state index contributed by atoms with van der Waals surface area (Å²) >= 11 is 0. The summed E-state index contributed by atoms with van der Waals surface area (Å²) in [5.74, 6) is 0. The van der Waals surface area contributed by atoms with Crippen LogP contribution in [0.3, 0.4) is 0 Å². The molecular weight excluding hydrogens is 241 g/mol. The van der Waals surface area contributed by atoms with E-state index < -0.39 is 12.2 Å². The largest absolute Gasteiger partial charge is 0.407 e. The van der Waals surface area contributed by atoms with Crippen LogP contribution in [0.15, 0.2) is 30.5 Å². The zero-order chi connectivity index (χ0) is 11.1. The molecule has 0 bridgehead atoms. The van der Waals surface area contributed by atoms with Crippen molar-refractivity contribution >= 4 is 23.3 Å². The summed E-state index contributed by atoms with van der Waals surface area (Å²) in [6.45, 7) is 0. The molecule has 0 radical (unpaired) electrons. The first kappa shape index (κ1) is 12.9. The standard InChI is InChI=1S/C10H9F3N2.ClH/c11-10(12,13)9(14)7-2-1-3-8-6(7)4-5-15-8;/h1-5,9,15H,14H2;1H/t9-;/m1./s1. The summed E-state index contributed by atoms with van der Waals surface area (Å²) in [6.07, 6.45) is -2.82. The van der Waals surface area contributed by atoms with Gasteiger partial charge >= 0.3 is 6.18 Å². The van der Waals surface area contributed by atoms with E-state index in [-0.39, 0.29) is 18.0 Å². The van der Waals surface area contributed by atoms with Crippen LogP contribution in [-0.4, -0.2) is 11.2 Å². The van der Waals surface area contributed by atoms with Crippen molar-refractivity contribution in [3.63, 3.8) is 0 Å². The number of hydrogen-bond acceptors (Lipinski definition) is 1. The van der Waals surface area contributed by atoms with E-state index in [4.69, 9.17) is 5.73 Å². The van der Waals surface area contributed by atoms with Crippen LogP contribution in [0.2, 0.25) is 0 Å². The van der Waals surface area contributed by atoms with Gasteiger partial charge in [-0.1, -0.05) is 12.1 Å². The second-order valence-electron chi connectivity index (χ2n) is 3.31. The Morgan fingerprint density at radius 3 is 2.50 bits per heavy atom. The number of rotatable bonds is 1. The van der Waals surface area contributed by atoms with E-state index in [1.54, 1.807) is 24.4 Å². The number of aromatic amines is 1. The zero-order valence-electron chi connectivity index (χ0n) is 8.08. The average molecular weight is 251 g/mol. The van der Waals surface area contributed by atoms with Gasteiger partial charge in [0.1, 0.15) is 6.04 Å². The van der Waals surface area contributed by atoms with E-state index >= 15 is 0 Å². The van der Waals surface area contributed by atoms with Gasteiger partial charge < -0.3 is 10.7 Å². The van der Waals surface area contributed by atoms with E-state index in [1.807, 2.05) is 0 Å². The summed E-state index contributed by atoms with van der Waals surface area (Å²) in [4.78, 5) is 2.84. The molecular formula is C10H10ClF3N2. The summed E-state index contributed by atoms with van der Waals surface area (Å²) < 4.78 is 37.3. The second-order valence-corrected chi connectivity index (χ2v) is 3.31. The predicted octanol–water partition coefficient (Wildman–Crippen LogP) is 3.15. The number of alkyl halides is 3. The SMILES string of the molecule is Cl.N[C@H](c1cccc2[nH]ccc12)C(F)(F)F. The Labute approximate surface area is 96.0 Å². The molecule has 1 atom stereocenters. The quantitative estimate of drug-likeness (QED) is 0.802. The molecule has 1 heterocycles. The summed E-state index contributed by atoms with van der Waals surface area (Å²) in [5, 5.41) is 0.516. The first-order chi connectivity index (χ1) is 7.00. The first-order valence-electron chi connectivity index (χ1n) is 4.38. The lowest BCUT2D eigenvalue weighted by atomic mass is 10.0. The number of hydrogen-bond donors (Lipinski definition) is 2. The Kier molecular flexibility index (Phi) is 3.50. The fourth-order valence-electron chi connectivity index (χ4n) is 1.56. The maximum absolute atomic E-state index is 12.4. The number of aromatic nitrogens is 1. The Morgan fingerprint density at radius 1 is 1.19 bits per heavy atom. The van der Waals surface area contributed by atoms with Crippen molar-refractivity contribution in [2.24, 2.45) is 5.73 Å². The van der Waals surface area contributed by atoms with Gasteiger partial charge in [0.25, 0.3) is 0 Å². The summed E-state index contributed by atoms with van der Waals surface area (Å²) in [5.41, 5.74) is 5.92. The number of halogens is 4. The topological polar surface area (TPSA) is 41.8 Å². The Hall–Kier alpha value is -1.20. The molecule has 1 aromatic carbocycles. The number of H-pyrrole nitrogens is 1. The van der Waals surface area contributed by atoms with E-state index in [1.165, 1.54) is 6.07 Å². The van der Waals surface area contributed by atoms with Crippen molar-refractivity contribution in [1.82, 2.24) is 4.98 Å².